The summed E-state index contributed by atoms with van der Waals surface area (Å²) in [6.45, 7) is 3.09. The second-order valence-electron chi connectivity index (χ2n) is 5.75. The number of hydrogen-bond donors (Lipinski definition) is 1. The normalized spacial score (nSPS) is 23.4. The van der Waals surface area contributed by atoms with Crippen LogP contribution in [0.15, 0.2) is 30.3 Å². The van der Waals surface area contributed by atoms with E-state index in [2.05, 4.69) is 12.1 Å². The van der Waals surface area contributed by atoms with Crippen molar-refractivity contribution in [1.82, 2.24) is 4.90 Å². The lowest BCUT2D eigenvalue weighted by molar-refractivity contribution is -0.137. The predicted octanol–water partition coefficient (Wildman–Crippen LogP) is 2.38. The number of rotatable bonds is 4. The summed E-state index contributed by atoms with van der Waals surface area (Å²) in [7, 11) is 0. The number of carbonyl (C=O) groups excluding carboxylic acids is 1. The number of hydrogen-bond acceptors (Lipinski definition) is 2. The van der Waals surface area contributed by atoms with Crippen LogP contribution in [0.5, 0.6) is 0 Å². The molecule has 1 unspecified atom stereocenters. The fourth-order valence-electron chi connectivity index (χ4n) is 2.68. The van der Waals surface area contributed by atoms with E-state index in [0.29, 0.717) is 13.0 Å². The van der Waals surface area contributed by atoms with Crippen molar-refractivity contribution in [2.75, 3.05) is 13.1 Å². The molecule has 0 saturated carbocycles. The number of β-amino-alcohol motifs (C(OH)–C–C–N with tert-alkyl or cyclic N) is 1. The van der Waals surface area contributed by atoms with Gasteiger partial charge in [0.15, 0.2) is 0 Å². The maximum absolute atomic E-state index is 12.1. The molecule has 0 aliphatic carbocycles. The van der Waals surface area contributed by atoms with Crippen LogP contribution in [0.3, 0.4) is 0 Å². The van der Waals surface area contributed by atoms with Gasteiger partial charge in [0.2, 0.25) is 5.91 Å². The maximum Gasteiger partial charge on any atom is 0.222 e. The van der Waals surface area contributed by atoms with Gasteiger partial charge in [0.05, 0.1) is 5.60 Å². The summed E-state index contributed by atoms with van der Waals surface area (Å²) in [5, 5.41) is 10.0. The number of amides is 1. The fraction of sp³-hybridized carbons (Fsp3) is 0.562. The SMILES string of the molecule is CC1(O)CCCN(C(=O)CCCc2ccccc2)C1. The quantitative estimate of drug-likeness (QED) is 0.904. The Morgan fingerprint density at radius 2 is 2.11 bits per heavy atom. The molecule has 1 fully saturated rings. The Morgan fingerprint density at radius 1 is 1.37 bits per heavy atom. The highest BCUT2D eigenvalue weighted by atomic mass is 16.3. The van der Waals surface area contributed by atoms with Crippen molar-refractivity contribution in [2.24, 2.45) is 0 Å². The molecule has 1 aromatic carbocycles. The van der Waals surface area contributed by atoms with Crippen molar-refractivity contribution in [1.29, 1.82) is 0 Å². The van der Waals surface area contributed by atoms with Crippen LogP contribution in [0.2, 0.25) is 0 Å². The summed E-state index contributed by atoms with van der Waals surface area (Å²) in [5.41, 5.74) is 0.578. The lowest BCUT2D eigenvalue weighted by atomic mass is 9.95. The maximum atomic E-state index is 12.1. The summed E-state index contributed by atoms with van der Waals surface area (Å²) >= 11 is 0. The zero-order valence-electron chi connectivity index (χ0n) is 11.6. The summed E-state index contributed by atoms with van der Waals surface area (Å²) in [6, 6.07) is 10.2. The number of carbonyl (C=O) groups is 1. The van der Waals surface area contributed by atoms with E-state index < -0.39 is 5.60 Å². The average Bonchev–Trinajstić information content (AvgIpc) is 2.38. The molecule has 0 bridgehead atoms. The van der Waals surface area contributed by atoms with E-state index in [9.17, 15) is 9.90 Å². The van der Waals surface area contributed by atoms with Crippen LogP contribution in [0.25, 0.3) is 0 Å². The topological polar surface area (TPSA) is 40.5 Å². The first-order chi connectivity index (χ1) is 9.07. The van der Waals surface area contributed by atoms with Crippen LogP contribution >= 0.6 is 0 Å². The Bertz CT molecular complexity index is 414. The second-order valence-corrected chi connectivity index (χ2v) is 5.75. The number of nitrogens with zero attached hydrogens (tertiary/aromatic N) is 1. The van der Waals surface area contributed by atoms with Crippen molar-refractivity contribution in [3.05, 3.63) is 35.9 Å². The lowest BCUT2D eigenvalue weighted by Crippen LogP contribution is -2.48. The van der Waals surface area contributed by atoms with Crippen LogP contribution in [0.4, 0.5) is 0 Å². The summed E-state index contributed by atoms with van der Waals surface area (Å²) in [5.74, 6) is 0.177. The van der Waals surface area contributed by atoms with Gasteiger partial charge in [-0.15, -0.1) is 0 Å². The third-order valence-electron chi connectivity index (χ3n) is 3.73. The van der Waals surface area contributed by atoms with E-state index in [4.69, 9.17) is 0 Å². The third kappa shape index (κ3) is 4.35. The first kappa shape index (κ1) is 14.1. The lowest BCUT2D eigenvalue weighted by Gasteiger charge is -2.36. The van der Waals surface area contributed by atoms with Crippen LogP contribution in [0.1, 0.15) is 38.2 Å². The van der Waals surface area contributed by atoms with Crippen LogP contribution < -0.4 is 0 Å². The second kappa shape index (κ2) is 6.20. The Morgan fingerprint density at radius 3 is 2.79 bits per heavy atom. The largest absolute Gasteiger partial charge is 0.388 e. The minimum atomic E-state index is -0.701. The van der Waals surface area contributed by atoms with E-state index in [1.165, 1.54) is 5.56 Å². The number of likely N-dealkylation sites (tertiary alicyclic amines) is 1. The summed E-state index contributed by atoms with van der Waals surface area (Å²) in [6.07, 6.45) is 4.08. The van der Waals surface area contributed by atoms with Crippen molar-refractivity contribution >= 4 is 5.91 Å². The van der Waals surface area contributed by atoms with Gasteiger partial charge < -0.3 is 10.0 Å². The summed E-state index contributed by atoms with van der Waals surface area (Å²) in [4.78, 5) is 13.9. The molecule has 1 aliphatic heterocycles. The number of aryl methyl sites for hydroxylation is 1. The summed E-state index contributed by atoms with van der Waals surface area (Å²) < 4.78 is 0. The minimum Gasteiger partial charge on any atom is -0.388 e. The average molecular weight is 261 g/mol. The zero-order chi connectivity index (χ0) is 13.7. The van der Waals surface area contributed by atoms with Crippen LogP contribution in [-0.4, -0.2) is 34.6 Å². The molecule has 0 spiro atoms. The van der Waals surface area contributed by atoms with Crippen molar-refractivity contribution in [3.63, 3.8) is 0 Å². The molecule has 0 aromatic heterocycles. The Hall–Kier alpha value is -1.35. The van der Waals surface area contributed by atoms with Gasteiger partial charge in [-0.1, -0.05) is 30.3 Å². The van der Waals surface area contributed by atoms with Gasteiger partial charge in [-0.3, -0.25) is 4.79 Å². The van der Waals surface area contributed by atoms with E-state index in [-0.39, 0.29) is 5.91 Å². The Balaban J connectivity index is 1.75. The first-order valence-corrected chi connectivity index (χ1v) is 7.11. The molecule has 19 heavy (non-hydrogen) atoms. The third-order valence-corrected chi connectivity index (χ3v) is 3.73. The van der Waals surface area contributed by atoms with Gasteiger partial charge in [-0.25, -0.2) is 0 Å². The minimum absolute atomic E-state index is 0.177. The molecule has 1 aromatic rings. The molecule has 104 valence electrons. The van der Waals surface area contributed by atoms with E-state index in [1.54, 1.807) is 0 Å². The van der Waals surface area contributed by atoms with Gasteiger partial charge in [0.1, 0.15) is 0 Å². The Kier molecular flexibility index (Phi) is 4.59. The molecule has 2 rings (SSSR count). The van der Waals surface area contributed by atoms with Gasteiger partial charge in [0.25, 0.3) is 0 Å². The van der Waals surface area contributed by atoms with Gasteiger partial charge in [-0.2, -0.15) is 0 Å². The highest BCUT2D eigenvalue weighted by Gasteiger charge is 2.30. The van der Waals surface area contributed by atoms with Crippen LogP contribution in [0, 0.1) is 0 Å². The van der Waals surface area contributed by atoms with Crippen molar-refractivity contribution in [2.45, 2.75) is 44.6 Å². The van der Waals surface area contributed by atoms with Gasteiger partial charge in [-0.05, 0) is 38.2 Å². The molecular formula is C16H23NO2. The molecule has 1 atom stereocenters. The Labute approximate surface area is 115 Å². The van der Waals surface area contributed by atoms with Crippen LogP contribution in [-0.2, 0) is 11.2 Å². The molecule has 1 saturated heterocycles. The number of piperidine rings is 1. The number of aliphatic hydroxyl groups is 1. The molecule has 3 nitrogen and oxygen atoms in total. The zero-order valence-corrected chi connectivity index (χ0v) is 11.6. The van der Waals surface area contributed by atoms with E-state index in [1.807, 2.05) is 30.0 Å². The molecule has 3 heteroatoms. The van der Waals surface area contributed by atoms with Crippen molar-refractivity contribution in [3.8, 4) is 0 Å². The standard InChI is InChI=1S/C16H23NO2/c1-16(19)11-6-12-17(13-16)15(18)10-5-9-14-7-3-2-4-8-14/h2-4,7-8,19H,5-6,9-13H2,1H3. The van der Waals surface area contributed by atoms with E-state index >= 15 is 0 Å². The molecule has 1 N–H and O–H groups in total. The molecule has 0 radical (unpaired) electrons. The molecule has 1 heterocycles. The molecule has 1 amide bonds. The smallest absolute Gasteiger partial charge is 0.222 e. The first-order valence-electron chi connectivity index (χ1n) is 7.11. The van der Waals surface area contributed by atoms with E-state index in [0.717, 1.165) is 32.2 Å². The van der Waals surface area contributed by atoms with Gasteiger partial charge in [0, 0.05) is 19.5 Å². The highest BCUT2D eigenvalue weighted by molar-refractivity contribution is 5.76. The number of benzene rings is 1. The highest BCUT2D eigenvalue weighted by Crippen LogP contribution is 2.21. The molecular weight excluding hydrogens is 238 g/mol. The predicted molar refractivity (Wildman–Crippen MR) is 75.8 cm³/mol. The monoisotopic (exact) mass is 261 g/mol. The van der Waals surface area contributed by atoms with Crippen molar-refractivity contribution < 1.29 is 9.90 Å². The van der Waals surface area contributed by atoms with Gasteiger partial charge >= 0.3 is 0 Å². The molecule has 1 aliphatic rings. The fourth-order valence-corrected chi connectivity index (χ4v) is 2.68.